The van der Waals surface area contributed by atoms with Crippen LogP contribution in [0.3, 0.4) is 0 Å². The van der Waals surface area contributed by atoms with E-state index in [0.717, 1.165) is 24.3 Å². The van der Waals surface area contributed by atoms with E-state index in [1.54, 1.807) is 0 Å². The maximum absolute atomic E-state index is 12.5. The number of halogens is 3. The normalized spacial score (nSPS) is 18.4. The number of carbonyl (C=O) groups excluding carboxylic acids is 1. The maximum atomic E-state index is 12.5. The molecule has 2 aromatic carbocycles. The molecule has 2 fully saturated rings. The first-order valence-corrected chi connectivity index (χ1v) is 12.9. The number of benzene rings is 2. The van der Waals surface area contributed by atoms with Crippen LogP contribution in [0.25, 0.3) is 17.0 Å². The number of nitrogens with zero attached hydrogens (tertiary/aromatic N) is 3. The number of aldehydes is 1. The van der Waals surface area contributed by atoms with E-state index in [1.165, 1.54) is 74.4 Å². The smallest absolute Gasteiger partial charge is 0.194 e. The lowest BCUT2D eigenvalue weighted by Crippen LogP contribution is -2.52. The Balaban J connectivity index is 0.000000209. The average Bonchev–Trinajstić information content (AvgIpc) is 3.35. The van der Waals surface area contributed by atoms with Crippen molar-refractivity contribution in [1.82, 2.24) is 19.9 Å². The Kier molecular flexibility index (Phi) is 9.18. The van der Waals surface area contributed by atoms with Crippen molar-refractivity contribution in [2.24, 2.45) is 0 Å². The second-order valence-electron chi connectivity index (χ2n) is 9.92. The Hall–Kier alpha value is -2.94. The maximum Gasteiger partial charge on any atom is 0.194 e. The summed E-state index contributed by atoms with van der Waals surface area (Å²) in [6.07, 6.45) is 10.1. The minimum Gasteiger partial charge on any atom is -0.361 e. The van der Waals surface area contributed by atoms with Crippen LogP contribution in [0.15, 0.2) is 48.7 Å². The molecule has 0 aliphatic carbocycles. The molecule has 3 aromatic rings. The lowest BCUT2D eigenvalue weighted by Gasteiger charge is -2.44. The fourth-order valence-electron chi connectivity index (χ4n) is 5.35. The van der Waals surface area contributed by atoms with E-state index in [9.17, 15) is 18.0 Å². The van der Waals surface area contributed by atoms with Crippen LogP contribution in [0.4, 0.5) is 13.2 Å². The van der Waals surface area contributed by atoms with Gasteiger partial charge in [0, 0.05) is 43.3 Å². The molecule has 37 heavy (non-hydrogen) atoms. The van der Waals surface area contributed by atoms with Crippen molar-refractivity contribution in [3.05, 3.63) is 77.2 Å². The molecular weight excluding hydrogens is 477 g/mol. The number of hydrogen-bond donors (Lipinski definition) is 1. The van der Waals surface area contributed by atoms with E-state index in [2.05, 4.69) is 64.5 Å². The van der Waals surface area contributed by atoms with Gasteiger partial charge < -0.3 is 9.88 Å². The van der Waals surface area contributed by atoms with Gasteiger partial charge in [-0.3, -0.25) is 4.79 Å². The van der Waals surface area contributed by atoms with Crippen LogP contribution >= 0.6 is 0 Å². The summed E-state index contributed by atoms with van der Waals surface area (Å²) in [4.78, 5) is 15.8. The molecule has 1 N–H and O–H groups in total. The van der Waals surface area contributed by atoms with E-state index in [-0.39, 0.29) is 5.56 Å². The zero-order valence-corrected chi connectivity index (χ0v) is 21.5. The first-order valence-electron chi connectivity index (χ1n) is 12.9. The van der Waals surface area contributed by atoms with Crippen molar-refractivity contribution in [2.75, 3.05) is 40.3 Å². The van der Waals surface area contributed by atoms with Crippen molar-refractivity contribution >= 4 is 23.3 Å². The quantitative estimate of drug-likeness (QED) is 0.274. The van der Waals surface area contributed by atoms with Gasteiger partial charge in [0.15, 0.2) is 17.5 Å². The average molecular weight is 513 g/mol. The molecule has 0 radical (unpaired) electrons. The van der Waals surface area contributed by atoms with Gasteiger partial charge in [-0.25, -0.2) is 23.2 Å². The minimum absolute atomic E-state index is 0.100. The summed E-state index contributed by atoms with van der Waals surface area (Å²) in [7, 11) is 4.55. The molecule has 2 saturated heterocycles. The lowest BCUT2D eigenvalue weighted by atomic mass is 9.89. The highest BCUT2D eigenvalue weighted by Crippen LogP contribution is 2.34. The van der Waals surface area contributed by atoms with E-state index in [1.807, 2.05) is 0 Å². The molecule has 2 aliphatic heterocycles. The van der Waals surface area contributed by atoms with Gasteiger partial charge in [0.1, 0.15) is 6.29 Å². The van der Waals surface area contributed by atoms with E-state index >= 15 is 0 Å². The number of aromatic nitrogens is 1. The highest BCUT2D eigenvalue weighted by atomic mass is 19.2. The fraction of sp³-hybridized carbons (Fsp3) is 0.414. The van der Waals surface area contributed by atoms with Crippen molar-refractivity contribution < 1.29 is 18.0 Å². The van der Waals surface area contributed by atoms with E-state index < -0.39 is 17.5 Å². The van der Waals surface area contributed by atoms with Crippen LogP contribution in [0, 0.1) is 17.5 Å². The van der Waals surface area contributed by atoms with Gasteiger partial charge >= 0.3 is 0 Å². The predicted octanol–water partition coefficient (Wildman–Crippen LogP) is 5.60. The van der Waals surface area contributed by atoms with Crippen molar-refractivity contribution in [1.29, 1.82) is 0 Å². The molecule has 2 aliphatic rings. The second kappa shape index (κ2) is 12.5. The van der Waals surface area contributed by atoms with E-state index in [4.69, 9.17) is 0 Å². The Labute approximate surface area is 216 Å². The number of rotatable bonds is 5. The first-order chi connectivity index (χ1) is 17.9. The number of carbonyl (C=O) groups is 1. The molecule has 0 saturated carbocycles. The molecule has 8 heteroatoms. The summed E-state index contributed by atoms with van der Waals surface area (Å²) < 4.78 is 37.4. The molecular formula is C29H35F3N4O. The van der Waals surface area contributed by atoms with E-state index in [0.29, 0.717) is 12.2 Å². The van der Waals surface area contributed by atoms with Crippen LogP contribution in [0.2, 0.25) is 0 Å². The fourth-order valence-corrected chi connectivity index (χ4v) is 5.35. The zero-order chi connectivity index (χ0) is 26.4. The number of allylic oxidation sites excluding steroid dienone is 1. The number of aromatic amines is 1. The highest BCUT2D eigenvalue weighted by Gasteiger charge is 2.29. The Bertz CT molecular complexity index is 1190. The summed E-state index contributed by atoms with van der Waals surface area (Å²) in [6.45, 7) is 4.85. The SMILES string of the molecule is CN1CCC(N(C)N2CCC(c3c[nH]c4ccccc34)CC2)CC1.O=C/C=C/c1cc(F)c(F)c(F)c1. The monoisotopic (exact) mass is 512 g/mol. The molecule has 198 valence electrons. The standard InChI is InChI=1S/C20H30N4.C9H5F3O/c1-22-11-9-17(10-12-22)23(2)24-13-7-16(8-14-24)19-15-21-20-6-4-3-5-18(19)20;10-7-4-6(2-1-3-13)5-8(11)9(7)12/h3-6,15-17,21H,7-14H2,1-2H3;1-5H/b;2-1+. The van der Waals surface area contributed by atoms with Gasteiger partial charge in [0.05, 0.1) is 0 Å². The molecule has 0 amide bonds. The topological polar surface area (TPSA) is 42.6 Å². The first kappa shape index (κ1) is 27.1. The van der Waals surface area contributed by atoms with Gasteiger partial charge in [0.25, 0.3) is 0 Å². The van der Waals surface area contributed by atoms with Crippen molar-refractivity contribution in [3.63, 3.8) is 0 Å². The molecule has 5 rings (SSSR count). The number of para-hydroxylation sites is 1. The molecule has 0 unspecified atom stereocenters. The van der Waals surface area contributed by atoms with Gasteiger partial charge in [-0.05, 0) is 87.1 Å². The van der Waals surface area contributed by atoms with Gasteiger partial charge in [0.2, 0.25) is 0 Å². The molecule has 5 nitrogen and oxygen atoms in total. The lowest BCUT2D eigenvalue weighted by molar-refractivity contribution is -0.104. The molecule has 0 bridgehead atoms. The third-order valence-electron chi connectivity index (χ3n) is 7.57. The Morgan fingerprint density at radius 2 is 1.62 bits per heavy atom. The van der Waals surface area contributed by atoms with Gasteiger partial charge in [-0.15, -0.1) is 0 Å². The number of piperidine rings is 2. The van der Waals surface area contributed by atoms with Crippen LogP contribution in [0.1, 0.15) is 42.7 Å². The number of hydrogen-bond acceptors (Lipinski definition) is 4. The number of likely N-dealkylation sites (tertiary alicyclic amines) is 1. The summed E-state index contributed by atoms with van der Waals surface area (Å²) in [5, 5.41) is 6.57. The summed E-state index contributed by atoms with van der Waals surface area (Å²) in [5.41, 5.74) is 2.90. The van der Waals surface area contributed by atoms with Gasteiger partial charge in [-0.2, -0.15) is 0 Å². The Morgan fingerprint density at radius 1 is 0.973 bits per heavy atom. The van der Waals surface area contributed by atoms with Crippen LogP contribution < -0.4 is 0 Å². The molecule has 1 aromatic heterocycles. The summed E-state index contributed by atoms with van der Waals surface area (Å²) in [5.74, 6) is -3.36. The van der Waals surface area contributed by atoms with Crippen LogP contribution in [-0.4, -0.2) is 72.5 Å². The van der Waals surface area contributed by atoms with Crippen LogP contribution in [-0.2, 0) is 4.79 Å². The predicted molar refractivity (Wildman–Crippen MR) is 142 cm³/mol. The minimum atomic E-state index is -1.51. The number of fused-ring (bicyclic) bond motifs is 1. The summed E-state index contributed by atoms with van der Waals surface area (Å²) >= 11 is 0. The third-order valence-corrected chi connectivity index (χ3v) is 7.57. The molecule has 3 heterocycles. The molecule has 0 spiro atoms. The Morgan fingerprint density at radius 3 is 2.27 bits per heavy atom. The van der Waals surface area contributed by atoms with Crippen LogP contribution in [0.5, 0.6) is 0 Å². The van der Waals surface area contributed by atoms with Gasteiger partial charge in [-0.1, -0.05) is 24.3 Å². The van der Waals surface area contributed by atoms with Crippen molar-refractivity contribution in [2.45, 2.75) is 37.6 Å². The largest absolute Gasteiger partial charge is 0.361 e. The number of H-pyrrole nitrogens is 1. The molecule has 0 atom stereocenters. The number of hydrazine groups is 1. The summed E-state index contributed by atoms with van der Waals surface area (Å²) in [6, 6.07) is 11.0. The highest BCUT2D eigenvalue weighted by molar-refractivity contribution is 5.83. The zero-order valence-electron chi connectivity index (χ0n) is 21.5. The third kappa shape index (κ3) is 6.69. The van der Waals surface area contributed by atoms with Crippen molar-refractivity contribution in [3.8, 4) is 0 Å². The number of nitrogens with one attached hydrogen (secondary N) is 1. The second-order valence-corrected chi connectivity index (χ2v) is 9.92.